The first-order chi connectivity index (χ1) is 9.15. The number of aliphatic hydroxyl groups is 1. The van der Waals surface area contributed by atoms with Gasteiger partial charge in [-0.1, -0.05) is 29.8 Å². The SMILES string of the molecule is Cc1ccc(C(O)c2ccc3c(c2)CCO3)c(C)c1. The monoisotopic (exact) mass is 254 g/mol. The number of benzene rings is 2. The van der Waals surface area contributed by atoms with Gasteiger partial charge in [-0.25, -0.2) is 0 Å². The van der Waals surface area contributed by atoms with Crippen LogP contribution in [0.5, 0.6) is 5.75 Å². The van der Waals surface area contributed by atoms with Crippen molar-refractivity contribution in [2.75, 3.05) is 6.61 Å². The Balaban J connectivity index is 1.97. The Morgan fingerprint density at radius 3 is 2.74 bits per heavy atom. The summed E-state index contributed by atoms with van der Waals surface area (Å²) >= 11 is 0. The maximum Gasteiger partial charge on any atom is 0.122 e. The lowest BCUT2D eigenvalue weighted by Crippen LogP contribution is -2.02. The highest BCUT2D eigenvalue weighted by Gasteiger charge is 2.17. The fourth-order valence-electron chi connectivity index (χ4n) is 2.69. The zero-order valence-electron chi connectivity index (χ0n) is 11.3. The van der Waals surface area contributed by atoms with Gasteiger partial charge in [-0.3, -0.25) is 0 Å². The molecule has 1 atom stereocenters. The van der Waals surface area contributed by atoms with Gasteiger partial charge in [0.2, 0.25) is 0 Å². The summed E-state index contributed by atoms with van der Waals surface area (Å²) in [6.07, 6.45) is 0.370. The lowest BCUT2D eigenvalue weighted by molar-refractivity contribution is 0.219. The molecule has 98 valence electrons. The standard InChI is InChI=1S/C17H18O2/c1-11-3-5-15(12(2)9-11)17(18)14-4-6-16-13(10-14)7-8-19-16/h3-6,9-10,17-18H,7-8H2,1-2H3. The van der Waals surface area contributed by atoms with E-state index in [1.807, 2.05) is 31.2 Å². The number of rotatable bonds is 2. The third-order valence-electron chi connectivity index (χ3n) is 3.75. The summed E-state index contributed by atoms with van der Waals surface area (Å²) in [7, 11) is 0. The van der Waals surface area contributed by atoms with E-state index >= 15 is 0 Å². The molecule has 0 saturated heterocycles. The first-order valence-corrected chi connectivity index (χ1v) is 6.66. The zero-order chi connectivity index (χ0) is 13.4. The van der Waals surface area contributed by atoms with E-state index in [1.165, 1.54) is 11.1 Å². The van der Waals surface area contributed by atoms with Crippen molar-refractivity contribution in [3.8, 4) is 5.75 Å². The van der Waals surface area contributed by atoms with E-state index in [9.17, 15) is 5.11 Å². The lowest BCUT2D eigenvalue weighted by atomic mass is 9.95. The van der Waals surface area contributed by atoms with Gasteiger partial charge in [-0.05, 0) is 48.2 Å². The number of ether oxygens (including phenoxy) is 1. The molecule has 1 unspecified atom stereocenters. The van der Waals surface area contributed by atoms with Crippen molar-refractivity contribution in [2.24, 2.45) is 0 Å². The Hall–Kier alpha value is -1.80. The molecule has 0 amide bonds. The molecule has 19 heavy (non-hydrogen) atoms. The molecule has 0 radical (unpaired) electrons. The first kappa shape index (κ1) is 12.2. The molecule has 0 saturated carbocycles. The highest BCUT2D eigenvalue weighted by molar-refractivity contribution is 5.44. The Morgan fingerprint density at radius 1 is 1.11 bits per heavy atom. The smallest absolute Gasteiger partial charge is 0.122 e. The predicted octanol–water partition coefficient (Wildman–Crippen LogP) is 3.32. The largest absolute Gasteiger partial charge is 0.493 e. The number of hydrogen-bond acceptors (Lipinski definition) is 2. The average molecular weight is 254 g/mol. The van der Waals surface area contributed by atoms with Crippen molar-refractivity contribution in [3.63, 3.8) is 0 Å². The van der Waals surface area contributed by atoms with Crippen LogP contribution in [-0.2, 0) is 6.42 Å². The molecule has 1 N–H and O–H groups in total. The quantitative estimate of drug-likeness (QED) is 0.890. The van der Waals surface area contributed by atoms with E-state index in [2.05, 4.69) is 19.1 Å². The molecule has 0 aliphatic carbocycles. The van der Waals surface area contributed by atoms with Gasteiger partial charge in [0.1, 0.15) is 11.9 Å². The summed E-state index contributed by atoms with van der Waals surface area (Å²) in [4.78, 5) is 0. The van der Waals surface area contributed by atoms with E-state index in [-0.39, 0.29) is 0 Å². The molecule has 0 bridgehead atoms. The summed E-state index contributed by atoms with van der Waals surface area (Å²) in [6.45, 7) is 4.86. The van der Waals surface area contributed by atoms with Crippen LogP contribution in [0.3, 0.4) is 0 Å². The van der Waals surface area contributed by atoms with Gasteiger partial charge in [0.15, 0.2) is 0 Å². The first-order valence-electron chi connectivity index (χ1n) is 6.66. The summed E-state index contributed by atoms with van der Waals surface area (Å²) in [6, 6.07) is 12.1. The third kappa shape index (κ3) is 2.24. The van der Waals surface area contributed by atoms with E-state index in [1.54, 1.807) is 0 Å². The third-order valence-corrected chi connectivity index (χ3v) is 3.75. The molecule has 1 heterocycles. The van der Waals surface area contributed by atoms with E-state index in [4.69, 9.17) is 4.74 Å². The van der Waals surface area contributed by atoms with Crippen molar-refractivity contribution in [1.29, 1.82) is 0 Å². The van der Waals surface area contributed by atoms with Crippen LogP contribution in [0.2, 0.25) is 0 Å². The molecule has 2 nitrogen and oxygen atoms in total. The van der Waals surface area contributed by atoms with Crippen molar-refractivity contribution in [1.82, 2.24) is 0 Å². The highest BCUT2D eigenvalue weighted by atomic mass is 16.5. The number of fused-ring (bicyclic) bond motifs is 1. The molecule has 1 aliphatic rings. The summed E-state index contributed by atoms with van der Waals surface area (Å²) in [5, 5.41) is 10.6. The predicted molar refractivity (Wildman–Crippen MR) is 75.6 cm³/mol. The Morgan fingerprint density at radius 2 is 1.95 bits per heavy atom. The minimum atomic E-state index is -0.563. The van der Waals surface area contributed by atoms with Gasteiger partial charge >= 0.3 is 0 Å². The molecular formula is C17H18O2. The summed E-state index contributed by atoms with van der Waals surface area (Å²) in [5.74, 6) is 0.955. The van der Waals surface area contributed by atoms with Gasteiger partial charge < -0.3 is 9.84 Å². The van der Waals surface area contributed by atoms with E-state index < -0.39 is 6.10 Å². The molecular weight excluding hydrogens is 236 g/mol. The maximum atomic E-state index is 10.6. The second kappa shape index (κ2) is 4.71. The molecule has 3 rings (SSSR count). The molecule has 2 aromatic carbocycles. The minimum absolute atomic E-state index is 0.563. The topological polar surface area (TPSA) is 29.5 Å². The Bertz CT molecular complexity index is 617. The summed E-state index contributed by atoms with van der Waals surface area (Å²) < 4.78 is 5.50. The van der Waals surface area contributed by atoms with Crippen LogP contribution >= 0.6 is 0 Å². The molecule has 0 spiro atoms. The Labute approximate surface area is 113 Å². The van der Waals surface area contributed by atoms with Crippen molar-refractivity contribution < 1.29 is 9.84 Å². The average Bonchev–Trinajstić information content (AvgIpc) is 2.85. The van der Waals surface area contributed by atoms with Gasteiger partial charge in [-0.15, -0.1) is 0 Å². The van der Waals surface area contributed by atoms with Crippen molar-refractivity contribution >= 4 is 0 Å². The highest BCUT2D eigenvalue weighted by Crippen LogP contribution is 2.31. The molecule has 1 aliphatic heterocycles. The van der Waals surface area contributed by atoms with Crippen molar-refractivity contribution in [3.05, 3.63) is 64.2 Å². The van der Waals surface area contributed by atoms with Crippen LogP contribution in [0.15, 0.2) is 36.4 Å². The second-order valence-corrected chi connectivity index (χ2v) is 5.23. The van der Waals surface area contributed by atoms with Gasteiger partial charge in [0.05, 0.1) is 6.61 Å². The second-order valence-electron chi connectivity index (χ2n) is 5.23. The minimum Gasteiger partial charge on any atom is -0.493 e. The van der Waals surface area contributed by atoms with Crippen LogP contribution in [0, 0.1) is 13.8 Å². The number of aliphatic hydroxyl groups excluding tert-OH is 1. The number of hydrogen-bond donors (Lipinski definition) is 1. The fraction of sp³-hybridized carbons (Fsp3) is 0.294. The maximum absolute atomic E-state index is 10.6. The van der Waals surface area contributed by atoms with Crippen LogP contribution in [-0.4, -0.2) is 11.7 Å². The number of aryl methyl sites for hydroxylation is 2. The van der Waals surface area contributed by atoms with Crippen LogP contribution < -0.4 is 4.74 Å². The summed E-state index contributed by atoms with van der Waals surface area (Å²) in [5.41, 5.74) is 5.46. The van der Waals surface area contributed by atoms with Crippen molar-refractivity contribution in [2.45, 2.75) is 26.4 Å². The van der Waals surface area contributed by atoms with Gasteiger partial charge in [0.25, 0.3) is 0 Å². The van der Waals surface area contributed by atoms with E-state index in [0.29, 0.717) is 0 Å². The lowest BCUT2D eigenvalue weighted by Gasteiger charge is -2.15. The van der Waals surface area contributed by atoms with Gasteiger partial charge in [-0.2, -0.15) is 0 Å². The zero-order valence-corrected chi connectivity index (χ0v) is 11.3. The fourth-order valence-corrected chi connectivity index (χ4v) is 2.69. The van der Waals surface area contributed by atoms with E-state index in [0.717, 1.165) is 35.5 Å². The molecule has 2 aromatic rings. The Kier molecular flexibility index (Phi) is 3.03. The normalized spacial score (nSPS) is 14.9. The molecule has 0 fully saturated rings. The van der Waals surface area contributed by atoms with Crippen LogP contribution in [0.4, 0.5) is 0 Å². The van der Waals surface area contributed by atoms with Crippen LogP contribution in [0.1, 0.15) is 33.9 Å². The molecule has 0 aromatic heterocycles. The molecule has 2 heteroatoms. The van der Waals surface area contributed by atoms with Crippen LogP contribution in [0.25, 0.3) is 0 Å². The van der Waals surface area contributed by atoms with Gasteiger partial charge in [0, 0.05) is 6.42 Å².